The Labute approximate surface area is 174 Å². The summed E-state index contributed by atoms with van der Waals surface area (Å²) in [6.45, 7) is 4.64. The maximum absolute atomic E-state index is 13.5. The average Bonchev–Trinajstić information content (AvgIpc) is 2.70. The van der Waals surface area contributed by atoms with Gasteiger partial charge in [0, 0.05) is 38.2 Å². The van der Waals surface area contributed by atoms with Crippen LogP contribution >= 0.6 is 0 Å². The molecule has 0 aromatic heterocycles. The van der Waals surface area contributed by atoms with Crippen molar-refractivity contribution in [1.82, 2.24) is 9.21 Å². The van der Waals surface area contributed by atoms with Crippen LogP contribution in [0.5, 0.6) is 0 Å². The predicted molar refractivity (Wildman–Crippen MR) is 115 cm³/mol. The zero-order valence-corrected chi connectivity index (χ0v) is 18.0. The van der Waals surface area contributed by atoms with Gasteiger partial charge in [-0.15, -0.1) is 0 Å². The van der Waals surface area contributed by atoms with E-state index in [4.69, 9.17) is 4.74 Å². The van der Waals surface area contributed by atoms with Crippen LogP contribution in [0.1, 0.15) is 29.9 Å². The van der Waals surface area contributed by atoms with Crippen LogP contribution in [-0.4, -0.2) is 63.1 Å². The van der Waals surface area contributed by atoms with Gasteiger partial charge in [-0.25, -0.2) is 8.42 Å². The molecule has 2 saturated heterocycles. The van der Waals surface area contributed by atoms with Crippen LogP contribution in [0.2, 0.25) is 0 Å². The number of fused-ring (bicyclic) bond motifs is 1. The van der Waals surface area contributed by atoms with Crippen molar-refractivity contribution < 1.29 is 13.2 Å². The summed E-state index contributed by atoms with van der Waals surface area (Å²) in [5, 5.41) is 0. The van der Waals surface area contributed by atoms with Crippen LogP contribution in [0.25, 0.3) is 0 Å². The van der Waals surface area contributed by atoms with Crippen molar-refractivity contribution >= 4 is 10.0 Å². The van der Waals surface area contributed by atoms with Crippen molar-refractivity contribution in [3.8, 4) is 0 Å². The van der Waals surface area contributed by atoms with E-state index in [0.717, 1.165) is 24.9 Å². The third-order valence-electron chi connectivity index (χ3n) is 6.38. The quantitative estimate of drug-likeness (QED) is 0.754. The monoisotopic (exact) mass is 414 g/mol. The second-order valence-corrected chi connectivity index (χ2v) is 10.0. The maximum atomic E-state index is 13.5. The number of methoxy groups -OCH3 is 1. The van der Waals surface area contributed by atoms with E-state index in [1.54, 1.807) is 23.5 Å². The second kappa shape index (κ2) is 8.56. The third-order valence-corrected chi connectivity index (χ3v) is 8.40. The minimum atomic E-state index is -3.51. The zero-order valence-electron chi connectivity index (χ0n) is 17.2. The number of benzene rings is 2. The second-order valence-electron chi connectivity index (χ2n) is 8.10. The molecule has 1 unspecified atom stereocenters. The summed E-state index contributed by atoms with van der Waals surface area (Å²) in [5.74, 6) is 0.281. The van der Waals surface area contributed by atoms with E-state index in [9.17, 15) is 8.42 Å². The average molecular weight is 415 g/mol. The molecule has 2 aromatic rings. The number of hydrogen-bond acceptors (Lipinski definition) is 4. The van der Waals surface area contributed by atoms with Gasteiger partial charge >= 0.3 is 0 Å². The van der Waals surface area contributed by atoms with Crippen LogP contribution in [0.15, 0.2) is 59.5 Å². The van der Waals surface area contributed by atoms with Crippen molar-refractivity contribution in [3.63, 3.8) is 0 Å². The van der Waals surface area contributed by atoms with Gasteiger partial charge in [0.15, 0.2) is 0 Å². The number of sulfonamides is 1. The van der Waals surface area contributed by atoms with Gasteiger partial charge in [-0.1, -0.05) is 48.5 Å². The lowest BCUT2D eigenvalue weighted by Gasteiger charge is -2.57. The van der Waals surface area contributed by atoms with Crippen molar-refractivity contribution in [3.05, 3.63) is 65.7 Å². The minimum absolute atomic E-state index is 0.177. The van der Waals surface area contributed by atoms with Gasteiger partial charge in [0.05, 0.1) is 11.5 Å². The summed E-state index contributed by atoms with van der Waals surface area (Å²) >= 11 is 0. The van der Waals surface area contributed by atoms with Crippen molar-refractivity contribution in [2.75, 3.05) is 33.4 Å². The van der Waals surface area contributed by atoms with E-state index in [-0.39, 0.29) is 12.0 Å². The van der Waals surface area contributed by atoms with E-state index in [1.807, 2.05) is 25.1 Å². The molecule has 2 aliphatic rings. The molecule has 2 heterocycles. The summed E-state index contributed by atoms with van der Waals surface area (Å²) in [4.78, 5) is 2.89. The highest BCUT2D eigenvalue weighted by atomic mass is 32.2. The SMILES string of the molecule is COC[C@@H]1C(c2ccccc2)[C@@H]2CN(S(=O)(=O)c3ccccc3C)CCCCN12. The predicted octanol–water partition coefficient (Wildman–Crippen LogP) is 3.26. The number of aryl methyl sites for hydroxylation is 1. The highest BCUT2D eigenvalue weighted by Gasteiger charge is 2.50. The molecule has 3 atom stereocenters. The molecule has 5 nitrogen and oxygen atoms in total. The van der Waals surface area contributed by atoms with Gasteiger partial charge in [0.1, 0.15) is 0 Å². The highest BCUT2D eigenvalue weighted by molar-refractivity contribution is 7.89. The molecule has 0 amide bonds. The molecule has 156 valence electrons. The van der Waals surface area contributed by atoms with Crippen LogP contribution in [0.4, 0.5) is 0 Å². The summed E-state index contributed by atoms with van der Waals surface area (Å²) < 4.78 is 34.2. The Hall–Kier alpha value is -1.73. The smallest absolute Gasteiger partial charge is 0.243 e. The summed E-state index contributed by atoms with van der Waals surface area (Å²) in [6.07, 6.45) is 1.88. The molecule has 0 bridgehead atoms. The first-order valence-electron chi connectivity index (χ1n) is 10.4. The summed E-state index contributed by atoms with van der Waals surface area (Å²) in [5.41, 5.74) is 2.07. The first-order valence-corrected chi connectivity index (χ1v) is 11.8. The minimum Gasteiger partial charge on any atom is -0.383 e. The Morgan fingerprint density at radius 2 is 1.69 bits per heavy atom. The lowest BCUT2D eigenvalue weighted by atomic mass is 9.74. The van der Waals surface area contributed by atoms with E-state index in [1.165, 1.54) is 5.56 Å². The largest absolute Gasteiger partial charge is 0.383 e. The Balaban J connectivity index is 1.65. The molecule has 4 rings (SSSR count). The van der Waals surface area contributed by atoms with Gasteiger partial charge in [-0.3, -0.25) is 4.90 Å². The zero-order chi connectivity index (χ0) is 20.4. The highest BCUT2D eigenvalue weighted by Crippen LogP contribution is 2.42. The molecule has 0 radical (unpaired) electrons. The first-order chi connectivity index (χ1) is 14.0. The standard InChI is InChI=1S/C23H30N2O3S/c1-18-10-6-7-13-22(18)29(26,27)24-14-8-9-15-25-20(16-24)23(21(25)17-28-2)19-11-4-3-5-12-19/h3-7,10-13,20-21,23H,8-9,14-17H2,1-2H3/t20-,21+,23?/m0/s1. The van der Waals surface area contributed by atoms with Crippen molar-refractivity contribution in [2.45, 2.75) is 42.7 Å². The lowest BCUT2D eigenvalue weighted by Crippen LogP contribution is -2.68. The number of rotatable bonds is 5. The van der Waals surface area contributed by atoms with Crippen LogP contribution in [0, 0.1) is 6.92 Å². The molecule has 0 aliphatic carbocycles. The molecule has 2 fully saturated rings. The normalized spacial score (nSPS) is 26.2. The molecule has 0 spiro atoms. The van der Waals surface area contributed by atoms with Gasteiger partial charge in [-0.05, 0) is 43.5 Å². The number of hydrogen-bond donors (Lipinski definition) is 0. The van der Waals surface area contributed by atoms with E-state index < -0.39 is 10.0 Å². The number of ether oxygens (including phenoxy) is 1. The maximum Gasteiger partial charge on any atom is 0.243 e. The van der Waals surface area contributed by atoms with E-state index in [0.29, 0.717) is 30.6 Å². The molecule has 2 aliphatic heterocycles. The molecule has 6 heteroatoms. The van der Waals surface area contributed by atoms with E-state index in [2.05, 4.69) is 29.2 Å². The van der Waals surface area contributed by atoms with E-state index >= 15 is 0 Å². The molecule has 0 N–H and O–H groups in total. The molecule has 29 heavy (non-hydrogen) atoms. The summed E-state index contributed by atoms with van der Waals surface area (Å²) in [7, 11) is -1.77. The Kier molecular flexibility index (Phi) is 6.06. The van der Waals surface area contributed by atoms with Gasteiger partial charge in [-0.2, -0.15) is 4.31 Å². The topological polar surface area (TPSA) is 49.9 Å². The van der Waals surface area contributed by atoms with Gasteiger partial charge in [0.2, 0.25) is 10.0 Å². The molecule has 2 aromatic carbocycles. The Morgan fingerprint density at radius 1 is 1.00 bits per heavy atom. The lowest BCUT2D eigenvalue weighted by molar-refractivity contribution is -0.0635. The molecule has 0 saturated carbocycles. The Bertz CT molecular complexity index is 932. The summed E-state index contributed by atoms with van der Waals surface area (Å²) in [6, 6.07) is 18.2. The van der Waals surface area contributed by atoms with Crippen LogP contribution in [0.3, 0.4) is 0 Å². The molecular formula is C23H30N2O3S. The fraction of sp³-hybridized carbons (Fsp3) is 0.478. The first kappa shape index (κ1) is 20.5. The van der Waals surface area contributed by atoms with Crippen LogP contribution < -0.4 is 0 Å². The third kappa shape index (κ3) is 3.87. The van der Waals surface area contributed by atoms with Crippen molar-refractivity contribution in [1.29, 1.82) is 0 Å². The number of nitrogens with zero attached hydrogens (tertiary/aromatic N) is 2. The fourth-order valence-corrected chi connectivity index (χ4v) is 6.66. The van der Waals surface area contributed by atoms with Crippen LogP contribution in [-0.2, 0) is 14.8 Å². The molecular weight excluding hydrogens is 384 g/mol. The van der Waals surface area contributed by atoms with Gasteiger partial charge in [0.25, 0.3) is 0 Å². The fourth-order valence-electron chi connectivity index (χ4n) is 4.94. The Morgan fingerprint density at radius 3 is 2.41 bits per heavy atom. The van der Waals surface area contributed by atoms with Gasteiger partial charge < -0.3 is 4.74 Å². The van der Waals surface area contributed by atoms with Crippen molar-refractivity contribution in [2.24, 2.45) is 0 Å².